The maximum atomic E-state index is 13.5. The van der Waals surface area contributed by atoms with Gasteiger partial charge in [-0.15, -0.1) is 0 Å². The van der Waals surface area contributed by atoms with Gasteiger partial charge < -0.3 is 9.80 Å². The fourth-order valence-electron chi connectivity index (χ4n) is 4.37. The van der Waals surface area contributed by atoms with Crippen LogP contribution in [0.4, 0.5) is 0 Å². The van der Waals surface area contributed by atoms with Crippen molar-refractivity contribution in [1.82, 2.24) is 14.1 Å². The molecule has 1 aromatic carbocycles. The Balaban J connectivity index is 1.76. The minimum absolute atomic E-state index is 0.00170. The Labute approximate surface area is 192 Å². The zero-order valence-corrected chi connectivity index (χ0v) is 20.4. The van der Waals surface area contributed by atoms with Crippen molar-refractivity contribution in [2.45, 2.75) is 65.5 Å². The van der Waals surface area contributed by atoms with E-state index >= 15 is 0 Å². The summed E-state index contributed by atoms with van der Waals surface area (Å²) >= 11 is 0. The summed E-state index contributed by atoms with van der Waals surface area (Å²) in [5.74, 6) is 0.284. The highest BCUT2D eigenvalue weighted by Crippen LogP contribution is 2.32. The molecule has 8 heteroatoms. The van der Waals surface area contributed by atoms with Crippen LogP contribution < -0.4 is 0 Å². The highest BCUT2D eigenvalue weighted by molar-refractivity contribution is 7.89. The van der Waals surface area contributed by atoms with Crippen LogP contribution in [0.3, 0.4) is 0 Å². The first kappa shape index (κ1) is 24.7. The van der Waals surface area contributed by atoms with E-state index in [0.717, 1.165) is 36.8 Å². The quantitative estimate of drug-likeness (QED) is 0.535. The molecule has 7 nitrogen and oxygen atoms in total. The van der Waals surface area contributed by atoms with Gasteiger partial charge in [-0.2, -0.15) is 4.31 Å². The third-order valence-corrected chi connectivity index (χ3v) is 8.44. The first-order valence-electron chi connectivity index (χ1n) is 11.9. The summed E-state index contributed by atoms with van der Waals surface area (Å²) in [6.07, 6.45) is 4.10. The number of hydrogen-bond donors (Lipinski definition) is 0. The van der Waals surface area contributed by atoms with Crippen LogP contribution in [0.1, 0.15) is 57.1 Å². The topological polar surface area (TPSA) is 78.0 Å². The van der Waals surface area contributed by atoms with Gasteiger partial charge in [0, 0.05) is 38.1 Å². The van der Waals surface area contributed by atoms with Crippen molar-refractivity contribution in [1.29, 1.82) is 0 Å². The Morgan fingerprint density at radius 1 is 1.06 bits per heavy atom. The second kappa shape index (κ2) is 10.8. The van der Waals surface area contributed by atoms with Crippen molar-refractivity contribution in [3.8, 4) is 0 Å². The third kappa shape index (κ3) is 6.10. The summed E-state index contributed by atoms with van der Waals surface area (Å²) in [7, 11) is -3.45. The van der Waals surface area contributed by atoms with Crippen LogP contribution >= 0.6 is 0 Å². The number of sulfonamides is 1. The van der Waals surface area contributed by atoms with Crippen LogP contribution in [0, 0.1) is 12.8 Å². The summed E-state index contributed by atoms with van der Waals surface area (Å²) in [6.45, 7) is 7.54. The molecule has 1 aromatic rings. The molecule has 1 saturated carbocycles. The second-order valence-corrected chi connectivity index (χ2v) is 11.3. The van der Waals surface area contributed by atoms with Crippen LogP contribution in [0.2, 0.25) is 0 Å². The standard InChI is InChI=1S/C24H37N3O4S/c1-4-14-26(32(30,31)5-2)18-23(28)27(17-21-9-7-6-8-19(21)3)22-12-15-25(16-13-22)24(29)20-10-11-20/h6-9,20,22H,4-5,10-18H2,1-3H3. The van der Waals surface area contributed by atoms with E-state index in [1.807, 2.05) is 47.9 Å². The van der Waals surface area contributed by atoms with Crippen molar-refractivity contribution >= 4 is 21.8 Å². The molecule has 0 atom stereocenters. The van der Waals surface area contributed by atoms with E-state index in [4.69, 9.17) is 0 Å². The summed E-state index contributed by atoms with van der Waals surface area (Å²) in [4.78, 5) is 29.7. The number of piperidine rings is 1. The minimum Gasteiger partial charge on any atom is -0.342 e. The lowest BCUT2D eigenvalue weighted by Crippen LogP contribution is -2.51. The molecule has 178 valence electrons. The fourth-order valence-corrected chi connectivity index (χ4v) is 5.50. The molecule has 0 spiro atoms. The van der Waals surface area contributed by atoms with Gasteiger partial charge in [0.25, 0.3) is 0 Å². The first-order valence-corrected chi connectivity index (χ1v) is 13.5. The minimum atomic E-state index is -3.45. The molecule has 0 N–H and O–H groups in total. The number of benzene rings is 1. The average molecular weight is 464 g/mol. The SMILES string of the molecule is CCCN(CC(=O)N(Cc1ccccc1C)C1CCN(C(=O)C2CC2)CC1)S(=O)(=O)CC. The predicted molar refractivity (Wildman–Crippen MR) is 125 cm³/mol. The van der Waals surface area contributed by atoms with Crippen LogP contribution in [0.5, 0.6) is 0 Å². The Morgan fingerprint density at radius 3 is 2.28 bits per heavy atom. The Kier molecular flexibility index (Phi) is 8.33. The van der Waals surface area contributed by atoms with E-state index in [9.17, 15) is 18.0 Å². The molecular formula is C24H37N3O4S. The van der Waals surface area contributed by atoms with Crippen molar-refractivity contribution in [3.63, 3.8) is 0 Å². The van der Waals surface area contributed by atoms with Gasteiger partial charge in [-0.1, -0.05) is 31.2 Å². The maximum absolute atomic E-state index is 13.5. The number of nitrogens with zero attached hydrogens (tertiary/aromatic N) is 3. The van der Waals surface area contributed by atoms with Gasteiger partial charge in [-0.05, 0) is 57.1 Å². The number of hydrogen-bond acceptors (Lipinski definition) is 4. The van der Waals surface area contributed by atoms with Gasteiger partial charge in [0.15, 0.2) is 0 Å². The molecule has 1 aliphatic heterocycles. The summed E-state index contributed by atoms with van der Waals surface area (Å²) in [5, 5.41) is 0. The van der Waals surface area contributed by atoms with E-state index in [1.54, 1.807) is 6.92 Å². The molecule has 0 unspecified atom stereocenters. The van der Waals surface area contributed by atoms with Gasteiger partial charge >= 0.3 is 0 Å². The van der Waals surface area contributed by atoms with Gasteiger partial charge in [-0.3, -0.25) is 9.59 Å². The average Bonchev–Trinajstić information content (AvgIpc) is 3.63. The van der Waals surface area contributed by atoms with Gasteiger partial charge in [0.2, 0.25) is 21.8 Å². The van der Waals surface area contributed by atoms with Crippen LogP contribution in [0.25, 0.3) is 0 Å². The molecule has 2 fully saturated rings. The Hall–Kier alpha value is -1.93. The molecule has 1 aliphatic carbocycles. The molecule has 2 aliphatic rings. The fraction of sp³-hybridized carbons (Fsp3) is 0.667. The van der Waals surface area contributed by atoms with Crippen molar-refractivity contribution < 1.29 is 18.0 Å². The summed E-state index contributed by atoms with van der Waals surface area (Å²) < 4.78 is 26.4. The van der Waals surface area contributed by atoms with Crippen molar-refractivity contribution in [2.24, 2.45) is 5.92 Å². The maximum Gasteiger partial charge on any atom is 0.238 e. The molecule has 32 heavy (non-hydrogen) atoms. The first-order chi connectivity index (χ1) is 15.3. The van der Waals surface area contributed by atoms with Crippen molar-refractivity contribution in [2.75, 3.05) is 31.9 Å². The lowest BCUT2D eigenvalue weighted by molar-refractivity contribution is -0.138. The molecule has 0 radical (unpaired) electrons. The Bertz CT molecular complexity index is 906. The van der Waals surface area contributed by atoms with Crippen molar-refractivity contribution in [3.05, 3.63) is 35.4 Å². The normalized spacial score (nSPS) is 17.6. The predicted octanol–water partition coefficient (Wildman–Crippen LogP) is 2.79. The van der Waals surface area contributed by atoms with E-state index in [-0.39, 0.29) is 36.1 Å². The summed E-state index contributed by atoms with van der Waals surface area (Å²) in [5.41, 5.74) is 2.18. The number of carbonyl (C=O) groups excluding carboxylic acids is 2. The lowest BCUT2D eigenvalue weighted by atomic mass is 10.0. The number of carbonyl (C=O) groups is 2. The lowest BCUT2D eigenvalue weighted by Gasteiger charge is -2.39. The number of likely N-dealkylation sites (tertiary alicyclic amines) is 1. The van der Waals surface area contributed by atoms with Gasteiger partial charge in [-0.25, -0.2) is 8.42 Å². The molecule has 2 amide bonds. The number of aryl methyl sites for hydroxylation is 1. The van der Waals surface area contributed by atoms with E-state index in [2.05, 4.69) is 0 Å². The zero-order chi connectivity index (χ0) is 23.3. The van der Waals surface area contributed by atoms with E-state index < -0.39 is 10.0 Å². The largest absolute Gasteiger partial charge is 0.342 e. The molecular weight excluding hydrogens is 426 g/mol. The Morgan fingerprint density at radius 2 is 1.72 bits per heavy atom. The van der Waals surface area contributed by atoms with Crippen LogP contribution in [-0.4, -0.2) is 72.3 Å². The molecule has 1 saturated heterocycles. The van der Waals surface area contributed by atoms with E-state index in [0.29, 0.717) is 32.6 Å². The molecule has 0 bridgehead atoms. The van der Waals surface area contributed by atoms with Crippen LogP contribution in [0.15, 0.2) is 24.3 Å². The second-order valence-electron chi connectivity index (χ2n) is 9.01. The zero-order valence-electron chi connectivity index (χ0n) is 19.6. The van der Waals surface area contributed by atoms with Gasteiger partial charge in [0.05, 0.1) is 12.3 Å². The van der Waals surface area contributed by atoms with E-state index in [1.165, 1.54) is 4.31 Å². The van der Waals surface area contributed by atoms with Gasteiger partial charge in [0.1, 0.15) is 0 Å². The molecule has 3 rings (SSSR count). The monoisotopic (exact) mass is 463 g/mol. The highest BCUT2D eigenvalue weighted by atomic mass is 32.2. The smallest absolute Gasteiger partial charge is 0.238 e. The molecule has 0 aromatic heterocycles. The number of amides is 2. The number of rotatable bonds is 10. The molecule has 1 heterocycles. The van der Waals surface area contributed by atoms with Crippen LogP contribution in [-0.2, 0) is 26.2 Å². The summed E-state index contributed by atoms with van der Waals surface area (Å²) in [6, 6.07) is 7.99. The highest BCUT2D eigenvalue weighted by Gasteiger charge is 2.37. The third-order valence-electron chi connectivity index (χ3n) is 6.61.